The number of hydrogen-bond acceptors (Lipinski definition) is 6. The van der Waals surface area contributed by atoms with E-state index in [1.807, 2.05) is 0 Å². The number of carboxylic acids is 1. The Morgan fingerprint density at radius 2 is 2.24 bits per heavy atom. The summed E-state index contributed by atoms with van der Waals surface area (Å²) in [4.78, 5) is 25.3. The summed E-state index contributed by atoms with van der Waals surface area (Å²) in [6.45, 7) is 1.52. The van der Waals surface area contributed by atoms with Gasteiger partial charge in [-0.1, -0.05) is 23.4 Å². The molecule has 0 unspecified atom stereocenters. The van der Waals surface area contributed by atoms with Crippen molar-refractivity contribution in [2.45, 2.75) is 16.2 Å². The van der Waals surface area contributed by atoms with Gasteiger partial charge in [-0.25, -0.2) is 14.2 Å². The van der Waals surface area contributed by atoms with Crippen molar-refractivity contribution >= 4 is 46.4 Å². The number of carboxylic acid groups (broad SMARTS) is 1. The van der Waals surface area contributed by atoms with Gasteiger partial charge in [-0.3, -0.25) is 10.1 Å². The Morgan fingerprint density at radius 3 is 2.76 bits per heavy atom. The second-order valence-corrected chi connectivity index (χ2v) is 6.49. The van der Waals surface area contributed by atoms with Gasteiger partial charge in [0.05, 0.1) is 26.6 Å². The zero-order chi connectivity index (χ0) is 15.7. The summed E-state index contributed by atoms with van der Waals surface area (Å²) in [7, 11) is 0. The smallest absolute Gasteiger partial charge is 0.347 e. The van der Waals surface area contributed by atoms with E-state index in [9.17, 15) is 19.3 Å². The summed E-state index contributed by atoms with van der Waals surface area (Å²) in [5, 5.41) is 19.6. The maximum absolute atomic E-state index is 13.3. The van der Waals surface area contributed by atoms with Crippen LogP contribution in [0.3, 0.4) is 0 Å². The normalized spacial score (nSPS) is 10.6. The lowest BCUT2D eigenvalue weighted by Gasteiger charge is -2.02. The van der Waals surface area contributed by atoms with Crippen LogP contribution < -0.4 is 0 Å². The Bertz CT molecular complexity index is 750. The first-order valence-corrected chi connectivity index (χ1v) is 7.32. The van der Waals surface area contributed by atoms with Gasteiger partial charge in [0.2, 0.25) is 0 Å². The van der Waals surface area contributed by atoms with E-state index >= 15 is 0 Å². The molecule has 0 atom stereocenters. The van der Waals surface area contributed by atoms with E-state index < -0.39 is 22.4 Å². The first-order chi connectivity index (χ1) is 9.79. The minimum absolute atomic E-state index is 0.0494. The van der Waals surface area contributed by atoms with Crippen LogP contribution in [0.15, 0.2) is 21.4 Å². The number of aromatic carboxylic acids is 1. The molecule has 0 bridgehead atoms. The van der Waals surface area contributed by atoms with Crippen molar-refractivity contribution in [2.24, 2.45) is 0 Å². The Morgan fingerprint density at radius 1 is 1.57 bits per heavy atom. The van der Waals surface area contributed by atoms with E-state index in [4.69, 9.17) is 16.7 Å². The lowest BCUT2D eigenvalue weighted by Crippen LogP contribution is -1.94. The maximum Gasteiger partial charge on any atom is 0.347 e. The van der Waals surface area contributed by atoms with Gasteiger partial charge in [0.25, 0.3) is 5.69 Å². The number of nitrogens with zero attached hydrogens (tertiary/aromatic N) is 2. The average Bonchev–Trinajstić information content (AvgIpc) is 2.74. The molecule has 0 aliphatic heterocycles. The largest absolute Gasteiger partial charge is 0.477 e. The zero-order valence-electron chi connectivity index (χ0n) is 10.3. The number of aromatic nitrogens is 1. The van der Waals surface area contributed by atoms with Gasteiger partial charge in [-0.15, -0.1) is 11.3 Å². The third kappa shape index (κ3) is 3.31. The third-order valence-corrected chi connectivity index (χ3v) is 4.91. The fraction of sp³-hybridized carbons (Fsp3) is 0.0909. The predicted octanol–water partition coefficient (Wildman–Crippen LogP) is 4.00. The van der Waals surface area contributed by atoms with E-state index in [0.717, 1.165) is 35.2 Å². The molecule has 0 saturated heterocycles. The van der Waals surface area contributed by atoms with Crippen LogP contribution in [0.25, 0.3) is 0 Å². The number of nitro benzene ring substituents is 1. The second-order valence-electron chi connectivity index (χ2n) is 3.79. The molecule has 21 heavy (non-hydrogen) atoms. The van der Waals surface area contributed by atoms with E-state index in [1.54, 1.807) is 0 Å². The van der Waals surface area contributed by atoms with Gasteiger partial charge >= 0.3 is 5.97 Å². The van der Waals surface area contributed by atoms with Crippen LogP contribution >= 0.6 is 34.7 Å². The van der Waals surface area contributed by atoms with Gasteiger partial charge in [0, 0.05) is 0 Å². The highest BCUT2D eigenvalue weighted by molar-refractivity contribution is 8.01. The number of hydrogen-bond donors (Lipinski definition) is 1. The lowest BCUT2D eigenvalue weighted by atomic mass is 10.3. The first-order valence-electron chi connectivity index (χ1n) is 5.31. The van der Waals surface area contributed by atoms with Crippen molar-refractivity contribution in [3.8, 4) is 0 Å². The summed E-state index contributed by atoms with van der Waals surface area (Å²) >= 11 is 7.38. The lowest BCUT2D eigenvalue weighted by molar-refractivity contribution is -0.387. The molecule has 0 saturated carbocycles. The number of nitro groups is 1. The molecule has 0 aliphatic carbocycles. The molecule has 2 aromatic rings. The number of carbonyl (C=O) groups is 1. The molecular weight excluding hydrogens is 343 g/mol. The third-order valence-electron chi connectivity index (χ3n) is 2.37. The minimum Gasteiger partial charge on any atom is -0.477 e. The zero-order valence-corrected chi connectivity index (χ0v) is 12.7. The highest BCUT2D eigenvalue weighted by Gasteiger charge is 2.21. The van der Waals surface area contributed by atoms with Gasteiger partial charge in [0.15, 0.2) is 4.34 Å². The van der Waals surface area contributed by atoms with Crippen LogP contribution in [0.2, 0.25) is 5.02 Å². The molecule has 0 radical (unpaired) electrons. The van der Waals surface area contributed by atoms with Crippen molar-refractivity contribution in [2.75, 3.05) is 0 Å². The SMILES string of the molecule is Cc1nc(Sc2cc(Cl)c(F)cc2[N+](=O)[O-])sc1C(=O)O. The van der Waals surface area contributed by atoms with Gasteiger partial charge in [-0.05, 0) is 13.0 Å². The summed E-state index contributed by atoms with van der Waals surface area (Å²) < 4.78 is 13.6. The monoisotopic (exact) mass is 348 g/mol. The summed E-state index contributed by atoms with van der Waals surface area (Å²) in [5.41, 5.74) is -0.141. The van der Waals surface area contributed by atoms with E-state index in [1.165, 1.54) is 6.92 Å². The Labute approximate surface area is 130 Å². The Kier molecular flexibility index (Phi) is 4.45. The molecule has 10 heteroatoms. The molecule has 2 rings (SSSR count). The van der Waals surface area contributed by atoms with E-state index in [-0.39, 0.29) is 14.8 Å². The number of thiazole rings is 1. The summed E-state index contributed by atoms with van der Waals surface area (Å²) in [6, 6.07) is 1.85. The predicted molar refractivity (Wildman–Crippen MR) is 76.0 cm³/mol. The highest BCUT2D eigenvalue weighted by Crippen LogP contribution is 2.39. The summed E-state index contributed by atoms with van der Waals surface area (Å²) in [5.74, 6) is -2.02. The van der Waals surface area contributed by atoms with Crippen molar-refractivity contribution in [1.29, 1.82) is 0 Å². The van der Waals surface area contributed by atoms with Crippen molar-refractivity contribution in [3.05, 3.63) is 43.7 Å². The van der Waals surface area contributed by atoms with Crippen LogP contribution in [0.4, 0.5) is 10.1 Å². The van der Waals surface area contributed by atoms with Crippen LogP contribution in [0.5, 0.6) is 0 Å². The van der Waals surface area contributed by atoms with E-state index in [2.05, 4.69) is 4.98 Å². The number of benzene rings is 1. The standard InChI is InChI=1S/C11H6ClFN2O4S2/c1-4-9(10(16)17)21-11(14-4)20-8-2-5(12)6(13)3-7(8)15(18)19/h2-3H,1H3,(H,16,17). The van der Waals surface area contributed by atoms with Crippen LogP contribution in [0, 0.1) is 22.9 Å². The van der Waals surface area contributed by atoms with Crippen molar-refractivity contribution in [3.63, 3.8) is 0 Å². The molecule has 0 fully saturated rings. The number of halogens is 2. The number of aryl methyl sites for hydroxylation is 1. The molecular formula is C11H6ClFN2O4S2. The molecule has 1 N–H and O–H groups in total. The molecule has 0 aliphatic rings. The fourth-order valence-electron chi connectivity index (χ4n) is 1.45. The fourth-order valence-corrected chi connectivity index (χ4v) is 3.79. The van der Waals surface area contributed by atoms with Crippen LogP contribution in [0.1, 0.15) is 15.4 Å². The Balaban J connectivity index is 2.44. The summed E-state index contributed by atoms with van der Waals surface area (Å²) in [6.07, 6.45) is 0. The average molecular weight is 349 g/mol. The molecule has 6 nitrogen and oxygen atoms in total. The van der Waals surface area contributed by atoms with Gasteiger partial charge < -0.3 is 5.11 Å². The topological polar surface area (TPSA) is 93.3 Å². The van der Waals surface area contributed by atoms with Crippen LogP contribution in [-0.2, 0) is 0 Å². The van der Waals surface area contributed by atoms with Crippen molar-refractivity contribution < 1.29 is 19.2 Å². The molecule has 1 aromatic carbocycles. The maximum atomic E-state index is 13.3. The molecule has 0 spiro atoms. The van der Waals surface area contributed by atoms with E-state index in [0.29, 0.717) is 10.0 Å². The molecule has 0 amide bonds. The van der Waals surface area contributed by atoms with Gasteiger partial charge in [-0.2, -0.15) is 0 Å². The molecule has 1 aromatic heterocycles. The quantitative estimate of drug-likeness (QED) is 0.663. The van der Waals surface area contributed by atoms with Crippen molar-refractivity contribution in [1.82, 2.24) is 4.98 Å². The molecule has 110 valence electrons. The van der Waals surface area contributed by atoms with Gasteiger partial charge in [0.1, 0.15) is 10.7 Å². The number of rotatable bonds is 4. The molecule has 1 heterocycles. The Hall–Kier alpha value is -1.71. The first kappa shape index (κ1) is 15.7. The second kappa shape index (κ2) is 5.96. The van der Waals surface area contributed by atoms with Crippen LogP contribution in [-0.4, -0.2) is 21.0 Å². The minimum atomic E-state index is -1.12. The highest BCUT2D eigenvalue weighted by atomic mass is 35.5.